The van der Waals surface area contributed by atoms with E-state index in [1.165, 1.54) is 4.90 Å². The van der Waals surface area contributed by atoms with E-state index in [2.05, 4.69) is 0 Å². The van der Waals surface area contributed by atoms with Crippen molar-refractivity contribution < 1.29 is 22.2 Å². The van der Waals surface area contributed by atoms with Crippen LogP contribution in [0, 0.1) is 6.92 Å². The van der Waals surface area contributed by atoms with Gasteiger partial charge in [0.2, 0.25) is 0 Å². The Morgan fingerprint density at radius 2 is 1.76 bits per heavy atom. The zero-order chi connectivity index (χ0) is 23.0. The van der Waals surface area contributed by atoms with Crippen LogP contribution in [0.25, 0.3) is 0 Å². The zero-order valence-electron chi connectivity index (χ0n) is 19.4. The lowest BCUT2D eigenvalue weighted by Gasteiger charge is -2.28. The van der Waals surface area contributed by atoms with Crippen LogP contribution in [0.15, 0.2) is 48.5 Å². The fourth-order valence-corrected chi connectivity index (χ4v) is 2.80. The third kappa shape index (κ3) is 7.26. The van der Waals surface area contributed by atoms with Crippen molar-refractivity contribution in [2.45, 2.75) is 59.0 Å². The minimum atomic E-state index is -2.09. The highest BCUT2D eigenvalue weighted by atomic mass is 16.5. The van der Waals surface area contributed by atoms with Gasteiger partial charge in [-0.15, -0.1) is 0 Å². The van der Waals surface area contributed by atoms with Gasteiger partial charge in [-0.3, -0.25) is 9.59 Å². The second-order valence-electron chi connectivity index (χ2n) is 7.30. The molecule has 0 unspecified atom stereocenters. The number of aliphatic carboxylic acids is 1. The Balaban J connectivity index is 2.20. The summed E-state index contributed by atoms with van der Waals surface area (Å²) in [5, 5.41) is 8.71. The molecule has 5 nitrogen and oxygen atoms in total. The number of carboxylic acid groups (broad SMARTS) is 1. The second-order valence-corrected chi connectivity index (χ2v) is 7.30. The van der Waals surface area contributed by atoms with Crippen LogP contribution in [0.5, 0.6) is 5.75 Å². The maximum absolute atomic E-state index is 13.2. The first-order chi connectivity index (χ1) is 14.6. The van der Waals surface area contributed by atoms with Gasteiger partial charge in [0.1, 0.15) is 5.75 Å². The van der Waals surface area contributed by atoms with Gasteiger partial charge in [-0.05, 0) is 58.2 Å². The van der Waals surface area contributed by atoms with Crippen LogP contribution in [-0.4, -0.2) is 34.5 Å². The third-order valence-electron chi connectivity index (χ3n) is 4.45. The summed E-state index contributed by atoms with van der Waals surface area (Å²) in [5.41, 5.74) is 1.74. The number of hydrogen-bond acceptors (Lipinski definition) is 3. The second kappa shape index (κ2) is 11.2. The van der Waals surface area contributed by atoms with Gasteiger partial charge in [-0.2, -0.15) is 0 Å². The minimum Gasteiger partial charge on any atom is -0.493 e. The summed E-state index contributed by atoms with van der Waals surface area (Å²) >= 11 is 0. The number of ether oxygens (including phenoxy) is 1. The van der Waals surface area contributed by atoms with Crippen LogP contribution in [0.4, 0.5) is 0 Å². The Hall–Kier alpha value is -2.82. The number of rotatable bonds is 11. The van der Waals surface area contributed by atoms with E-state index < -0.39 is 12.5 Å². The van der Waals surface area contributed by atoms with E-state index >= 15 is 0 Å². The van der Waals surface area contributed by atoms with Gasteiger partial charge in [0.25, 0.3) is 5.91 Å². The molecular formula is C24H31NO4. The van der Waals surface area contributed by atoms with Crippen LogP contribution >= 0.6 is 0 Å². The molecule has 29 heavy (non-hydrogen) atoms. The molecule has 2 rings (SSSR count). The van der Waals surface area contributed by atoms with E-state index in [1.54, 1.807) is 50.2 Å². The maximum atomic E-state index is 13.2. The Morgan fingerprint density at radius 3 is 2.41 bits per heavy atom. The standard InChI is InChI=1S/C24H31NO4/c1-18(2)25(24(28)20-14-12-19(3)13-15-20)17-21-9-6-7-10-22(21)29-16-8-4-5-11-23(26)27/h6-7,9-10,12-15,18H,4-5,8,11,16-17H2,1-3H3,(H,26,27)/i17D2. The highest BCUT2D eigenvalue weighted by molar-refractivity contribution is 5.94. The van der Waals surface area contributed by atoms with Crippen molar-refractivity contribution in [3.63, 3.8) is 0 Å². The van der Waals surface area contributed by atoms with Gasteiger partial charge < -0.3 is 14.7 Å². The summed E-state index contributed by atoms with van der Waals surface area (Å²) in [6, 6.07) is 13.5. The van der Waals surface area contributed by atoms with E-state index in [9.17, 15) is 9.59 Å². The number of nitrogens with zero attached hydrogens (tertiary/aromatic N) is 1. The smallest absolute Gasteiger partial charge is 0.303 e. The summed E-state index contributed by atoms with van der Waals surface area (Å²) in [4.78, 5) is 25.1. The molecule has 0 aromatic heterocycles. The lowest BCUT2D eigenvalue weighted by atomic mass is 10.1. The molecule has 0 fully saturated rings. The fourth-order valence-electron chi connectivity index (χ4n) is 2.80. The Labute approximate surface area is 176 Å². The van der Waals surface area contributed by atoms with Gasteiger partial charge in [0, 0.05) is 30.1 Å². The Bertz CT molecular complexity index is 881. The normalized spacial score (nSPS) is 12.3. The van der Waals surface area contributed by atoms with Crippen LogP contribution in [0.1, 0.15) is 63.8 Å². The van der Waals surface area contributed by atoms with Crippen molar-refractivity contribution in [3.8, 4) is 5.75 Å². The number of carboxylic acids is 1. The first-order valence-corrected chi connectivity index (χ1v) is 9.99. The highest BCUT2D eigenvalue weighted by Crippen LogP contribution is 2.23. The summed E-state index contributed by atoms with van der Waals surface area (Å²) < 4.78 is 23.5. The summed E-state index contributed by atoms with van der Waals surface area (Å²) in [5.74, 6) is -0.817. The maximum Gasteiger partial charge on any atom is 0.303 e. The average molecular weight is 400 g/mol. The van der Waals surface area contributed by atoms with E-state index in [0.717, 1.165) is 5.56 Å². The first-order valence-electron chi connectivity index (χ1n) is 11.0. The molecule has 0 radical (unpaired) electrons. The molecule has 0 atom stereocenters. The molecule has 1 amide bonds. The van der Waals surface area contributed by atoms with Crippen molar-refractivity contribution in [2.24, 2.45) is 0 Å². The zero-order valence-corrected chi connectivity index (χ0v) is 17.4. The topological polar surface area (TPSA) is 66.8 Å². The summed E-state index contributed by atoms with van der Waals surface area (Å²) in [6.07, 6.45) is 2.09. The van der Waals surface area contributed by atoms with Crippen molar-refractivity contribution in [3.05, 3.63) is 65.2 Å². The molecule has 156 valence electrons. The molecule has 5 heteroatoms. The molecule has 2 aromatic carbocycles. The molecule has 0 aliphatic heterocycles. The lowest BCUT2D eigenvalue weighted by molar-refractivity contribution is -0.137. The lowest BCUT2D eigenvalue weighted by Crippen LogP contribution is -2.36. The minimum absolute atomic E-state index is 0.129. The first kappa shape index (κ1) is 19.5. The predicted octanol–water partition coefficient (Wildman–Crippen LogP) is 5.07. The summed E-state index contributed by atoms with van der Waals surface area (Å²) in [7, 11) is 0. The van der Waals surface area contributed by atoms with Crippen LogP contribution < -0.4 is 4.74 Å². The molecule has 0 heterocycles. The van der Waals surface area contributed by atoms with Gasteiger partial charge in [0.15, 0.2) is 0 Å². The molecule has 2 aromatic rings. The van der Waals surface area contributed by atoms with Gasteiger partial charge >= 0.3 is 5.97 Å². The molecule has 0 saturated carbocycles. The number of hydrogen-bond donors (Lipinski definition) is 1. The predicted molar refractivity (Wildman–Crippen MR) is 114 cm³/mol. The number of aryl methyl sites for hydroxylation is 1. The summed E-state index contributed by atoms with van der Waals surface area (Å²) in [6.45, 7) is 3.77. The van der Waals surface area contributed by atoms with Crippen molar-refractivity contribution in [1.82, 2.24) is 4.90 Å². The largest absolute Gasteiger partial charge is 0.493 e. The van der Waals surface area contributed by atoms with Crippen molar-refractivity contribution in [2.75, 3.05) is 6.61 Å². The Morgan fingerprint density at radius 1 is 1.07 bits per heavy atom. The number of carbonyl (C=O) groups excluding carboxylic acids is 1. The van der Waals surface area contributed by atoms with Gasteiger partial charge in [-0.1, -0.05) is 35.9 Å². The SMILES string of the molecule is [2H]C([2H])(c1ccccc1OCCCCCC(=O)O)N(C(=O)c1ccc(C)cc1)C(C)C. The number of para-hydroxylation sites is 1. The number of unbranched alkanes of at least 4 members (excludes halogenated alkanes) is 2. The molecule has 0 aliphatic rings. The monoisotopic (exact) mass is 399 g/mol. The average Bonchev–Trinajstić information content (AvgIpc) is 2.70. The van der Waals surface area contributed by atoms with E-state index in [-0.39, 0.29) is 23.9 Å². The van der Waals surface area contributed by atoms with E-state index in [4.69, 9.17) is 12.6 Å². The van der Waals surface area contributed by atoms with E-state index in [0.29, 0.717) is 37.2 Å². The molecule has 1 N–H and O–H groups in total. The molecule has 0 spiro atoms. The number of benzene rings is 2. The molecule has 0 saturated heterocycles. The van der Waals surface area contributed by atoms with Crippen molar-refractivity contribution >= 4 is 11.9 Å². The quantitative estimate of drug-likeness (QED) is 0.536. The molecular weight excluding hydrogens is 366 g/mol. The van der Waals surface area contributed by atoms with E-state index in [1.807, 2.05) is 19.1 Å². The third-order valence-corrected chi connectivity index (χ3v) is 4.45. The van der Waals surface area contributed by atoms with Crippen molar-refractivity contribution in [1.29, 1.82) is 0 Å². The van der Waals surface area contributed by atoms with Crippen LogP contribution in [-0.2, 0) is 11.3 Å². The molecule has 0 aliphatic carbocycles. The number of amides is 1. The van der Waals surface area contributed by atoms with Crippen LogP contribution in [0.2, 0.25) is 0 Å². The van der Waals surface area contributed by atoms with Gasteiger partial charge in [0.05, 0.1) is 9.35 Å². The highest BCUT2D eigenvalue weighted by Gasteiger charge is 2.20. The fraction of sp³-hybridized carbons (Fsp3) is 0.417. The van der Waals surface area contributed by atoms with Crippen LogP contribution in [0.3, 0.4) is 0 Å². The number of carbonyl (C=O) groups is 2. The molecule has 0 bridgehead atoms. The van der Waals surface area contributed by atoms with Gasteiger partial charge in [-0.25, -0.2) is 0 Å². The Kier molecular flexibility index (Phi) is 7.56.